The minimum atomic E-state index is -2.26. The smallest absolute Gasteiger partial charge is 0.340 e. The molecular weight excluding hydrogens is 776 g/mol. The maximum absolute atomic E-state index is 13.1. The van der Waals surface area contributed by atoms with Gasteiger partial charge in [-0.15, -0.1) is 0 Å². The summed E-state index contributed by atoms with van der Waals surface area (Å²) in [6.07, 6.45) is 11.1. The highest BCUT2D eigenvalue weighted by molar-refractivity contribution is 5.82. The number of ether oxygens (including phenoxy) is 4. The molecule has 3 aliphatic rings. The molecule has 14 unspecified atom stereocenters. The Balaban J connectivity index is 1.67. The molecule has 0 aromatic rings. The molecule has 0 aromatic carbocycles. The number of allylic oxidation sites excluding steroid dienone is 8. The molecule has 0 amide bonds. The molecule has 0 saturated carbocycles. The van der Waals surface area contributed by atoms with Gasteiger partial charge in [-0.2, -0.15) is 0 Å². The number of fused-ring (bicyclic) bond motifs is 4. The number of hydrogen-bond donors (Lipinski definition) is 6. The number of aliphatic hydroxyl groups excluding tert-OH is 4. The Hall–Kier alpha value is -3.08. The normalized spacial score (nSPS) is 41.3. The number of rotatable bonds is 0. The maximum Gasteiger partial charge on any atom is 0.340 e. The van der Waals surface area contributed by atoms with Crippen LogP contribution in [0.3, 0.4) is 0 Å². The second kappa shape index (κ2) is 24.5. The van der Waals surface area contributed by atoms with Gasteiger partial charge in [0.1, 0.15) is 11.6 Å². The molecule has 3 aliphatic heterocycles. The van der Waals surface area contributed by atoms with Gasteiger partial charge >= 0.3 is 11.9 Å². The second-order valence-corrected chi connectivity index (χ2v) is 17.3. The van der Waals surface area contributed by atoms with Crippen LogP contribution in [0.1, 0.15) is 131 Å². The van der Waals surface area contributed by atoms with Crippen LogP contribution in [-0.2, 0) is 38.1 Å². The van der Waals surface area contributed by atoms with Crippen LogP contribution in [0.4, 0.5) is 0 Å². The Bertz CT molecular complexity index is 1400. The molecule has 6 N–H and O–H groups in total. The lowest BCUT2D eigenvalue weighted by atomic mass is 9.82. The van der Waals surface area contributed by atoms with E-state index in [1.165, 1.54) is 0 Å². The minimum absolute atomic E-state index is 0.124. The van der Waals surface area contributed by atoms with Crippen molar-refractivity contribution in [1.29, 1.82) is 0 Å². The topological polar surface area (TPSA) is 227 Å². The minimum Gasteiger partial charge on any atom is -0.461 e. The molecule has 3 heterocycles. The highest BCUT2D eigenvalue weighted by atomic mass is 16.7. The molecule has 2 fully saturated rings. The van der Waals surface area contributed by atoms with Crippen molar-refractivity contribution < 1.29 is 68.8 Å². The first-order chi connectivity index (χ1) is 28.3. The fraction of sp³-hybridized carbons (Fsp3) is 0.739. The molecular formula is C46H72O14. The van der Waals surface area contributed by atoms with Gasteiger partial charge in [-0.3, -0.25) is 9.59 Å². The largest absolute Gasteiger partial charge is 0.461 e. The van der Waals surface area contributed by atoms with Gasteiger partial charge in [-0.05, 0) is 90.9 Å². The molecule has 340 valence electrons. The number of esters is 2. The summed E-state index contributed by atoms with van der Waals surface area (Å²) < 4.78 is 22.7. The van der Waals surface area contributed by atoms with Crippen molar-refractivity contribution in [2.24, 2.45) is 23.7 Å². The predicted molar refractivity (Wildman–Crippen MR) is 223 cm³/mol. The average molecular weight is 849 g/mol. The zero-order valence-electron chi connectivity index (χ0n) is 36.4. The summed E-state index contributed by atoms with van der Waals surface area (Å²) in [5.41, 5.74) is 0. The fourth-order valence-electron chi connectivity index (χ4n) is 7.82. The van der Waals surface area contributed by atoms with Crippen LogP contribution in [0.15, 0.2) is 48.6 Å². The fourth-order valence-corrected chi connectivity index (χ4v) is 7.82. The Morgan fingerprint density at radius 2 is 0.800 bits per heavy atom. The van der Waals surface area contributed by atoms with Crippen molar-refractivity contribution in [2.45, 2.75) is 192 Å². The molecule has 0 aliphatic carbocycles. The molecule has 0 aromatic heterocycles. The quantitative estimate of drug-likeness (QED) is 0.179. The third-order valence-electron chi connectivity index (χ3n) is 12.3. The van der Waals surface area contributed by atoms with Crippen LogP contribution in [-0.4, -0.2) is 115 Å². The summed E-state index contributed by atoms with van der Waals surface area (Å²) in [4.78, 5) is 52.2. The van der Waals surface area contributed by atoms with Crippen molar-refractivity contribution in [3.8, 4) is 0 Å². The van der Waals surface area contributed by atoms with E-state index in [2.05, 4.69) is 0 Å². The van der Waals surface area contributed by atoms with Gasteiger partial charge in [-0.25, -0.2) is 9.59 Å². The number of aliphatic hydroxyl groups is 6. The van der Waals surface area contributed by atoms with E-state index in [0.29, 0.717) is 77.0 Å². The van der Waals surface area contributed by atoms with Crippen molar-refractivity contribution in [3.63, 3.8) is 0 Å². The Labute approximate surface area is 355 Å². The number of ketones is 2. The van der Waals surface area contributed by atoms with Crippen LogP contribution in [0.2, 0.25) is 0 Å². The first kappa shape index (κ1) is 51.3. The summed E-state index contributed by atoms with van der Waals surface area (Å²) >= 11 is 0. The van der Waals surface area contributed by atoms with Gasteiger partial charge in [0.2, 0.25) is 23.8 Å². The maximum atomic E-state index is 13.1. The summed E-state index contributed by atoms with van der Waals surface area (Å²) in [5.74, 6) is -9.77. The van der Waals surface area contributed by atoms with Crippen LogP contribution >= 0.6 is 0 Å². The van der Waals surface area contributed by atoms with Gasteiger partial charge in [0, 0.05) is 36.5 Å². The molecule has 14 heteroatoms. The van der Waals surface area contributed by atoms with Crippen LogP contribution in [0.5, 0.6) is 0 Å². The van der Waals surface area contributed by atoms with E-state index in [-0.39, 0.29) is 24.4 Å². The second-order valence-electron chi connectivity index (χ2n) is 17.3. The van der Waals surface area contributed by atoms with Crippen molar-refractivity contribution >= 4 is 23.5 Å². The molecule has 3 rings (SSSR count). The Kier molecular flexibility index (Phi) is 21.0. The van der Waals surface area contributed by atoms with Crippen molar-refractivity contribution in [3.05, 3.63) is 48.6 Å². The highest BCUT2D eigenvalue weighted by Gasteiger charge is 2.53. The lowest BCUT2D eigenvalue weighted by Crippen LogP contribution is -2.59. The zero-order valence-corrected chi connectivity index (χ0v) is 36.4. The molecule has 0 radical (unpaired) electrons. The van der Waals surface area contributed by atoms with E-state index >= 15 is 0 Å². The average Bonchev–Trinajstić information content (AvgIpc) is 3.20. The van der Waals surface area contributed by atoms with Gasteiger partial charge < -0.3 is 49.6 Å². The molecule has 2 saturated heterocycles. The molecule has 14 atom stereocenters. The standard InChI is InChI=1S/C46H72O14/c1-29-23-25-39-33(5)37(49)27-35(47)21-17-13-10-8-12-16-20-32(4)58-44(54)42(52)46(56)30(2)24-26-40(60-46)34(6)38(50)28-36(48)22-18-14-9-7-11-15-19-31(3)57-43(53)41(51)45(29,55)59-39/h7-14,29-36,39-42,47-48,51-52,55-56H,15-28H2,1-6H3/b11-7?,12-8?,13-10+,14-9+. The molecule has 4 bridgehead atoms. The molecule has 60 heavy (non-hydrogen) atoms. The van der Waals surface area contributed by atoms with E-state index in [1.54, 1.807) is 53.7 Å². The van der Waals surface area contributed by atoms with E-state index in [9.17, 15) is 49.8 Å². The SMILES string of the molecule is CC1CCC=C/C=C/CCC(O)CC(=O)C(C)C2CCC(C)C(O)(O2)C(O)C(=O)OC(C)CCC=C/C=C/CCC(O)CC(=O)C(C)C2CCC(C)C(O)(O2)C(O)C(=O)O1. The Morgan fingerprint density at radius 3 is 1.13 bits per heavy atom. The van der Waals surface area contributed by atoms with Crippen LogP contribution in [0, 0.1) is 23.7 Å². The van der Waals surface area contributed by atoms with E-state index in [1.807, 2.05) is 36.5 Å². The third-order valence-corrected chi connectivity index (χ3v) is 12.3. The predicted octanol–water partition coefficient (Wildman–Crippen LogP) is 4.85. The number of carbonyl (C=O) groups excluding carboxylic acids is 4. The van der Waals surface area contributed by atoms with Gasteiger partial charge in [0.15, 0.2) is 0 Å². The van der Waals surface area contributed by atoms with E-state index < -0.39 is 96.0 Å². The van der Waals surface area contributed by atoms with Gasteiger partial charge in [-0.1, -0.05) is 76.3 Å². The van der Waals surface area contributed by atoms with E-state index in [0.717, 1.165) is 0 Å². The van der Waals surface area contributed by atoms with Gasteiger partial charge in [0.05, 0.1) is 36.6 Å². The first-order valence-corrected chi connectivity index (χ1v) is 21.9. The summed E-state index contributed by atoms with van der Waals surface area (Å²) in [5, 5.41) is 66.0. The van der Waals surface area contributed by atoms with E-state index in [4.69, 9.17) is 18.9 Å². The number of hydrogen-bond acceptors (Lipinski definition) is 14. The van der Waals surface area contributed by atoms with Crippen LogP contribution in [0.25, 0.3) is 0 Å². The zero-order chi connectivity index (χ0) is 44.6. The van der Waals surface area contributed by atoms with Crippen molar-refractivity contribution in [1.82, 2.24) is 0 Å². The molecule has 14 nitrogen and oxygen atoms in total. The number of carbonyl (C=O) groups is 4. The van der Waals surface area contributed by atoms with Crippen molar-refractivity contribution in [2.75, 3.05) is 0 Å². The summed E-state index contributed by atoms with van der Waals surface area (Å²) in [6.45, 7) is 9.96. The molecule has 0 spiro atoms. The lowest BCUT2D eigenvalue weighted by molar-refractivity contribution is -0.322. The first-order valence-electron chi connectivity index (χ1n) is 21.9. The summed E-state index contributed by atoms with van der Waals surface area (Å²) in [6, 6.07) is 0. The van der Waals surface area contributed by atoms with Crippen LogP contribution < -0.4 is 0 Å². The van der Waals surface area contributed by atoms with Gasteiger partial charge in [0.25, 0.3) is 0 Å². The number of Topliss-reactive ketones (excluding diaryl/α,β-unsaturated/α-hetero) is 2. The highest BCUT2D eigenvalue weighted by Crippen LogP contribution is 2.39. The monoisotopic (exact) mass is 848 g/mol. The Morgan fingerprint density at radius 1 is 0.483 bits per heavy atom. The third kappa shape index (κ3) is 15.1. The lowest BCUT2D eigenvalue weighted by Gasteiger charge is -2.45. The number of cyclic esters (lactones) is 2. The summed E-state index contributed by atoms with van der Waals surface area (Å²) in [7, 11) is 0.